The zero-order chi connectivity index (χ0) is 13.3. The maximum atomic E-state index is 12.2. The van der Waals surface area contributed by atoms with Crippen LogP contribution >= 0.6 is 15.9 Å². The Morgan fingerprint density at radius 3 is 2.61 bits per heavy atom. The normalized spacial score (nSPS) is 11.5. The van der Waals surface area contributed by atoms with Crippen LogP contribution in [0.1, 0.15) is 5.56 Å². The van der Waals surface area contributed by atoms with Gasteiger partial charge in [0.15, 0.2) is 5.82 Å². The molecule has 0 amide bonds. The first-order valence-corrected chi connectivity index (χ1v) is 7.45. The van der Waals surface area contributed by atoms with E-state index in [2.05, 4.69) is 25.8 Å². The van der Waals surface area contributed by atoms with Crippen LogP contribution in [-0.4, -0.2) is 18.2 Å². The molecular weight excluding hydrogens is 318 g/mol. The zero-order valence-electron chi connectivity index (χ0n) is 9.88. The van der Waals surface area contributed by atoms with Crippen LogP contribution in [0.4, 0.5) is 5.82 Å². The number of anilines is 1. The van der Waals surface area contributed by atoms with E-state index in [1.165, 1.54) is 4.68 Å². The van der Waals surface area contributed by atoms with Crippen molar-refractivity contribution in [1.82, 2.24) is 9.78 Å². The fraction of sp³-hybridized carbons (Fsp3) is 0.182. The molecule has 7 heteroatoms. The summed E-state index contributed by atoms with van der Waals surface area (Å²) in [6.07, 6.45) is 1.67. The summed E-state index contributed by atoms with van der Waals surface area (Å²) < 4.78 is 29.2. The lowest BCUT2D eigenvalue weighted by Gasteiger charge is -2.08. The van der Waals surface area contributed by atoms with Crippen LogP contribution in [0.25, 0.3) is 0 Å². The highest BCUT2D eigenvalue weighted by atomic mass is 79.9. The van der Waals surface area contributed by atoms with Crippen molar-refractivity contribution in [1.29, 1.82) is 0 Å². The molecule has 0 bridgehead atoms. The van der Waals surface area contributed by atoms with Crippen LogP contribution in [0.15, 0.2) is 39.8 Å². The Labute approximate surface area is 114 Å². The fourth-order valence-corrected chi connectivity index (χ4v) is 3.28. The van der Waals surface area contributed by atoms with Crippen molar-refractivity contribution < 1.29 is 8.42 Å². The van der Waals surface area contributed by atoms with Crippen molar-refractivity contribution in [3.8, 4) is 0 Å². The van der Waals surface area contributed by atoms with Crippen LogP contribution in [-0.2, 0) is 17.1 Å². The van der Waals surface area contributed by atoms with Gasteiger partial charge < -0.3 is 0 Å². The van der Waals surface area contributed by atoms with Crippen molar-refractivity contribution in [2.45, 2.75) is 11.8 Å². The van der Waals surface area contributed by atoms with Gasteiger partial charge in [0.05, 0.1) is 4.90 Å². The highest BCUT2D eigenvalue weighted by Crippen LogP contribution is 2.21. The highest BCUT2D eigenvalue weighted by molar-refractivity contribution is 9.10. The lowest BCUT2D eigenvalue weighted by Crippen LogP contribution is -2.14. The fourth-order valence-electron chi connectivity index (χ4n) is 1.58. The average Bonchev–Trinajstić information content (AvgIpc) is 2.62. The summed E-state index contributed by atoms with van der Waals surface area (Å²) in [6, 6.07) is 6.61. The molecule has 2 rings (SSSR count). The number of benzene rings is 1. The predicted octanol–water partition coefficient (Wildman–Crippen LogP) is 2.29. The summed E-state index contributed by atoms with van der Waals surface area (Å²) in [5.74, 6) is 0.305. The van der Waals surface area contributed by atoms with Crippen LogP contribution in [0.5, 0.6) is 0 Å². The lowest BCUT2D eigenvalue weighted by atomic mass is 10.2. The van der Waals surface area contributed by atoms with Gasteiger partial charge in [-0.25, -0.2) is 8.42 Å². The number of hydrogen-bond acceptors (Lipinski definition) is 3. The van der Waals surface area contributed by atoms with Gasteiger partial charge in [0.1, 0.15) is 0 Å². The molecule has 0 atom stereocenters. The molecule has 96 valence electrons. The molecule has 0 aliphatic carbocycles. The second kappa shape index (κ2) is 4.74. The van der Waals surface area contributed by atoms with Gasteiger partial charge in [-0.3, -0.25) is 9.40 Å². The number of nitrogens with one attached hydrogen (secondary N) is 1. The molecular formula is C11H12BrN3O2S. The van der Waals surface area contributed by atoms with E-state index >= 15 is 0 Å². The average molecular weight is 330 g/mol. The van der Waals surface area contributed by atoms with Gasteiger partial charge in [-0.1, -0.05) is 15.9 Å². The summed E-state index contributed by atoms with van der Waals surface area (Å²) in [5.41, 5.74) is 0.674. The molecule has 1 aromatic heterocycles. The van der Waals surface area contributed by atoms with Crippen molar-refractivity contribution in [2.75, 3.05) is 4.72 Å². The number of halogens is 1. The Bertz CT molecular complexity index is 679. The second-order valence-electron chi connectivity index (χ2n) is 3.89. The molecule has 1 heterocycles. The zero-order valence-corrected chi connectivity index (χ0v) is 12.3. The van der Waals surface area contributed by atoms with Crippen LogP contribution in [0, 0.1) is 6.92 Å². The van der Waals surface area contributed by atoms with Gasteiger partial charge >= 0.3 is 0 Å². The summed E-state index contributed by atoms with van der Waals surface area (Å²) in [5, 5.41) is 3.99. The molecule has 2 aromatic rings. The minimum Gasteiger partial charge on any atom is -0.274 e. The number of sulfonamides is 1. The molecule has 0 unspecified atom stereocenters. The second-order valence-corrected chi connectivity index (χ2v) is 6.46. The van der Waals surface area contributed by atoms with Crippen LogP contribution < -0.4 is 4.72 Å². The van der Waals surface area contributed by atoms with Crippen molar-refractivity contribution in [3.05, 3.63) is 40.5 Å². The smallest absolute Gasteiger partial charge is 0.263 e. The molecule has 0 fully saturated rings. The largest absolute Gasteiger partial charge is 0.274 e. The first-order valence-electron chi connectivity index (χ1n) is 5.17. The van der Waals surface area contributed by atoms with Gasteiger partial charge in [-0.2, -0.15) is 5.10 Å². The number of nitrogens with zero attached hydrogens (tertiary/aromatic N) is 2. The number of aryl methyl sites for hydroxylation is 2. The highest BCUT2D eigenvalue weighted by Gasteiger charge is 2.17. The van der Waals surface area contributed by atoms with Gasteiger partial charge in [-0.15, -0.1) is 0 Å². The Kier molecular flexibility index (Phi) is 3.45. The molecule has 5 nitrogen and oxygen atoms in total. The SMILES string of the molecule is Cc1cc(Br)ccc1S(=O)(=O)Nc1ccn(C)n1. The first-order chi connectivity index (χ1) is 8.38. The summed E-state index contributed by atoms with van der Waals surface area (Å²) in [4.78, 5) is 0.247. The van der Waals surface area contributed by atoms with Gasteiger partial charge in [-0.05, 0) is 30.7 Å². The van der Waals surface area contributed by atoms with E-state index in [9.17, 15) is 8.42 Å². The number of hydrogen-bond donors (Lipinski definition) is 1. The van der Waals surface area contributed by atoms with E-state index in [-0.39, 0.29) is 4.90 Å². The minimum atomic E-state index is -3.59. The van der Waals surface area contributed by atoms with Crippen molar-refractivity contribution in [3.63, 3.8) is 0 Å². The maximum Gasteiger partial charge on any atom is 0.263 e. The molecule has 18 heavy (non-hydrogen) atoms. The monoisotopic (exact) mass is 329 g/mol. The van der Waals surface area contributed by atoms with Crippen LogP contribution in [0.3, 0.4) is 0 Å². The third-order valence-electron chi connectivity index (χ3n) is 2.38. The minimum absolute atomic E-state index is 0.247. The van der Waals surface area contributed by atoms with E-state index in [1.54, 1.807) is 44.4 Å². The summed E-state index contributed by atoms with van der Waals surface area (Å²) in [6.45, 7) is 1.75. The first kappa shape index (κ1) is 13.1. The van der Waals surface area contributed by atoms with Crippen molar-refractivity contribution in [2.24, 2.45) is 7.05 Å². The lowest BCUT2D eigenvalue weighted by molar-refractivity contribution is 0.600. The number of rotatable bonds is 3. The summed E-state index contributed by atoms with van der Waals surface area (Å²) >= 11 is 3.30. The van der Waals surface area contributed by atoms with Crippen LogP contribution in [0.2, 0.25) is 0 Å². The van der Waals surface area contributed by atoms with E-state index < -0.39 is 10.0 Å². The van der Waals surface area contributed by atoms with Crippen molar-refractivity contribution >= 4 is 31.8 Å². The molecule has 0 spiro atoms. The third-order valence-corrected chi connectivity index (χ3v) is 4.39. The molecule has 0 aliphatic rings. The topological polar surface area (TPSA) is 64.0 Å². The Morgan fingerprint density at radius 1 is 1.33 bits per heavy atom. The Balaban J connectivity index is 2.36. The molecule has 0 radical (unpaired) electrons. The van der Waals surface area contributed by atoms with E-state index in [4.69, 9.17) is 0 Å². The van der Waals surface area contributed by atoms with Gasteiger partial charge in [0.2, 0.25) is 0 Å². The standard InChI is InChI=1S/C11H12BrN3O2S/c1-8-7-9(12)3-4-10(8)18(16,17)14-11-5-6-15(2)13-11/h3-7H,1-2H3,(H,13,14). The molecule has 0 aliphatic heterocycles. The summed E-state index contributed by atoms with van der Waals surface area (Å²) in [7, 11) is -1.87. The Hall–Kier alpha value is -1.34. The molecule has 1 N–H and O–H groups in total. The Morgan fingerprint density at radius 2 is 2.06 bits per heavy atom. The van der Waals surface area contributed by atoms with E-state index in [0.29, 0.717) is 11.4 Å². The quantitative estimate of drug-likeness (QED) is 0.939. The third kappa shape index (κ3) is 2.73. The predicted molar refractivity (Wildman–Crippen MR) is 72.9 cm³/mol. The maximum absolute atomic E-state index is 12.2. The van der Waals surface area contributed by atoms with Gasteiger partial charge in [0, 0.05) is 23.8 Å². The van der Waals surface area contributed by atoms with E-state index in [1.807, 2.05) is 0 Å². The molecule has 0 saturated heterocycles. The van der Waals surface area contributed by atoms with E-state index in [0.717, 1.165) is 4.47 Å². The molecule has 1 aromatic carbocycles. The van der Waals surface area contributed by atoms with Gasteiger partial charge in [0.25, 0.3) is 10.0 Å². The molecule has 0 saturated carbocycles. The number of aromatic nitrogens is 2.